The van der Waals surface area contributed by atoms with E-state index < -0.39 is 11.7 Å². The van der Waals surface area contributed by atoms with E-state index in [0.29, 0.717) is 13.2 Å². The maximum atomic E-state index is 11.1. The molecule has 1 N–H and O–H groups in total. The van der Waals surface area contributed by atoms with Crippen LogP contribution in [-0.4, -0.2) is 23.9 Å². The van der Waals surface area contributed by atoms with Crippen LogP contribution in [-0.2, 0) is 4.74 Å². The van der Waals surface area contributed by atoms with Crippen molar-refractivity contribution >= 4 is 0 Å². The van der Waals surface area contributed by atoms with Crippen molar-refractivity contribution in [3.05, 3.63) is 29.8 Å². The standard InChI is InChI=1S/C18H28O3/c1-3-20-16-12-8-7-11-15(16)17(19)18(21-4-2)13-9-5-6-10-14-18/h7-8,11-12,17,19H,3-6,9-10,13-14H2,1-2H3. The van der Waals surface area contributed by atoms with Gasteiger partial charge in [-0.05, 0) is 32.8 Å². The number of hydrogen-bond acceptors (Lipinski definition) is 3. The Bertz CT molecular complexity index is 422. The van der Waals surface area contributed by atoms with Crippen LogP contribution in [0.15, 0.2) is 24.3 Å². The predicted molar refractivity (Wildman–Crippen MR) is 84.6 cm³/mol. The molecule has 1 fully saturated rings. The molecule has 0 bridgehead atoms. The number of aliphatic hydroxyl groups excluding tert-OH is 1. The smallest absolute Gasteiger partial charge is 0.125 e. The lowest BCUT2D eigenvalue weighted by atomic mass is 9.84. The Labute approximate surface area is 128 Å². The van der Waals surface area contributed by atoms with Crippen molar-refractivity contribution in [3.8, 4) is 5.75 Å². The second-order valence-electron chi connectivity index (χ2n) is 5.79. The zero-order chi connectivity index (χ0) is 15.1. The van der Waals surface area contributed by atoms with Gasteiger partial charge in [0.05, 0.1) is 12.2 Å². The van der Waals surface area contributed by atoms with Crippen LogP contribution in [0.3, 0.4) is 0 Å². The van der Waals surface area contributed by atoms with Crippen molar-refractivity contribution in [1.82, 2.24) is 0 Å². The highest BCUT2D eigenvalue weighted by Crippen LogP contribution is 2.43. The maximum Gasteiger partial charge on any atom is 0.125 e. The van der Waals surface area contributed by atoms with Gasteiger partial charge in [-0.1, -0.05) is 43.9 Å². The molecule has 3 nitrogen and oxygen atoms in total. The third-order valence-electron chi connectivity index (χ3n) is 4.39. The first kappa shape index (κ1) is 16.3. The molecule has 118 valence electrons. The summed E-state index contributed by atoms with van der Waals surface area (Å²) < 4.78 is 11.8. The predicted octanol–water partition coefficient (Wildman–Crippen LogP) is 4.25. The Morgan fingerprint density at radius 2 is 1.71 bits per heavy atom. The van der Waals surface area contributed by atoms with E-state index in [4.69, 9.17) is 9.47 Å². The van der Waals surface area contributed by atoms with Crippen molar-refractivity contribution in [1.29, 1.82) is 0 Å². The average molecular weight is 292 g/mol. The fourth-order valence-corrected chi connectivity index (χ4v) is 3.39. The summed E-state index contributed by atoms with van der Waals surface area (Å²) in [6.45, 7) is 5.21. The second kappa shape index (κ2) is 7.81. The number of para-hydroxylation sites is 1. The van der Waals surface area contributed by atoms with E-state index in [1.807, 2.05) is 38.1 Å². The lowest BCUT2D eigenvalue weighted by molar-refractivity contribution is -0.132. The molecule has 0 heterocycles. The van der Waals surface area contributed by atoms with E-state index >= 15 is 0 Å². The number of aliphatic hydroxyl groups is 1. The van der Waals surface area contributed by atoms with Crippen LogP contribution in [0.1, 0.15) is 64.0 Å². The minimum atomic E-state index is -0.627. The Hall–Kier alpha value is -1.06. The van der Waals surface area contributed by atoms with Crippen molar-refractivity contribution in [2.24, 2.45) is 0 Å². The topological polar surface area (TPSA) is 38.7 Å². The molecule has 1 aliphatic rings. The van der Waals surface area contributed by atoms with Gasteiger partial charge in [0.25, 0.3) is 0 Å². The van der Waals surface area contributed by atoms with E-state index in [2.05, 4.69) is 0 Å². The first-order chi connectivity index (χ1) is 10.2. The summed E-state index contributed by atoms with van der Waals surface area (Å²) in [7, 11) is 0. The van der Waals surface area contributed by atoms with E-state index in [-0.39, 0.29) is 0 Å². The van der Waals surface area contributed by atoms with Crippen LogP contribution >= 0.6 is 0 Å². The molecule has 1 aliphatic carbocycles. The molecule has 1 unspecified atom stereocenters. The molecule has 0 amide bonds. The highest BCUT2D eigenvalue weighted by molar-refractivity contribution is 5.36. The highest BCUT2D eigenvalue weighted by Gasteiger charge is 2.40. The Morgan fingerprint density at radius 3 is 2.33 bits per heavy atom. The van der Waals surface area contributed by atoms with Crippen LogP contribution in [0.4, 0.5) is 0 Å². The summed E-state index contributed by atoms with van der Waals surface area (Å²) in [5, 5.41) is 11.1. The maximum absolute atomic E-state index is 11.1. The van der Waals surface area contributed by atoms with Crippen molar-refractivity contribution in [3.63, 3.8) is 0 Å². The second-order valence-corrected chi connectivity index (χ2v) is 5.79. The third kappa shape index (κ3) is 3.78. The van der Waals surface area contributed by atoms with E-state index in [1.54, 1.807) is 0 Å². The van der Waals surface area contributed by atoms with Gasteiger partial charge in [-0.3, -0.25) is 0 Å². The third-order valence-corrected chi connectivity index (χ3v) is 4.39. The number of hydrogen-bond donors (Lipinski definition) is 1. The van der Waals surface area contributed by atoms with Gasteiger partial charge in [0.15, 0.2) is 0 Å². The van der Waals surface area contributed by atoms with Crippen LogP contribution in [0.25, 0.3) is 0 Å². The first-order valence-corrected chi connectivity index (χ1v) is 8.27. The van der Waals surface area contributed by atoms with Gasteiger partial charge in [-0.25, -0.2) is 0 Å². The monoisotopic (exact) mass is 292 g/mol. The zero-order valence-electron chi connectivity index (χ0n) is 13.3. The Balaban J connectivity index is 2.31. The minimum Gasteiger partial charge on any atom is -0.493 e. The molecule has 1 aromatic carbocycles. The minimum absolute atomic E-state index is 0.460. The summed E-state index contributed by atoms with van der Waals surface area (Å²) in [6, 6.07) is 7.79. The van der Waals surface area contributed by atoms with E-state index in [1.165, 1.54) is 12.8 Å². The summed E-state index contributed by atoms with van der Waals surface area (Å²) in [4.78, 5) is 0. The molecule has 0 saturated heterocycles. The Morgan fingerprint density at radius 1 is 1.05 bits per heavy atom. The summed E-state index contributed by atoms with van der Waals surface area (Å²) in [5.41, 5.74) is 0.396. The van der Waals surface area contributed by atoms with Gasteiger partial charge >= 0.3 is 0 Å². The fourth-order valence-electron chi connectivity index (χ4n) is 3.39. The lowest BCUT2D eigenvalue weighted by Gasteiger charge is -2.38. The van der Waals surface area contributed by atoms with Crippen LogP contribution in [0.2, 0.25) is 0 Å². The van der Waals surface area contributed by atoms with Gasteiger partial charge in [0.2, 0.25) is 0 Å². The quantitative estimate of drug-likeness (QED) is 0.797. The van der Waals surface area contributed by atoms with E-state index in [9.17, 15) is 5.11 Å². The normalized spacial score (nSPS) is 19.8. The molecule has 2 rings (SSSR count). The van der Waals surface area contributed by atoms with Gasteiger partial charge in [0.1, 0.15) is 11.9 Å². The van der Waals surface area contributed by atoms with Gasteiger partial charge in [-0.15, -0.1) is 0 Å². The molecule has 3 heteroatoms. The summed E-state index contributed by atoms with van der Waals surface area (Å²) in [5.74, 6) is 0.774. The molecule has 0 aliphatic heterocycles. The summed E-state index contributed by atoms with van der Waals surface area (Å²) in [6.07, 6.45) is 5.91. The Kier molecular flexibility index (Phi) is 6.07. The largest absolute Gasteiger partial charge is 0.493 e. The summed E-state index contributed by atoms with van der Waals surface area (Å²) >= 11 is 0. The van der Waals surface area contributed by atoms with Gasteiger partial charge < -0.3 is 14.6 Å². The fraction of sp³-hybridized carbons (Fsp3) is 0.667. The molecular weight excluding hydrogens is 264 g/mol. The van der Waals surface area contributed by atoms with Crippen LogP contribution < -0.4 is 4.74 Å². The molecule has 0 aromatic heterocycles. The average Bonchev–Trinajstić information content (AvgIpc) is 2.74. The molecule has 21 heavy (non-hydrogen) atoms. The molecular formula is C18H28O3. The molecule has 1 atom stereocenters. The van der Waals surface area contributed by atoms with Crippen molar-refractivity contribution in [2.45, 2.75) is 64.1 Å². The SMILES string of the molecule is CCOc1ccccc1C(O)C1(OCC)CCCCCC1. The lowest BCUT2D eigenvalue weighted by Crippen LogP contribution is -2.39. The first-order valence-electron chi connectivity index (χ1n) is 8.27. The van der Waals surface area contributed by atoms with Crippen LogP contribution in [0.5, 0.6) is 5.75 Å². The van der Waals surface area contributed by atoms with Gasteiger partial charge in [-0.2, -0.15) is 0 Å². The number of benzene rings is 1. The molecule has 0 spiro atoms. The van der Waals surface area contributed by atoms with Crippen molar-refractivity contribution < 1.29 is 14.6 Å². The molecule has 0 radical (unpaired) electrons. The van der Waals surface area contributed by atoms with Crippen molar-refractivity contribution in [2.75, 3.05) is 13.2 Å². The highest BCUT2D eigenvalue weighted by atomic mass is 16.5. The van der Waals surface area contributed by atoms with Crippen LogP contribution in [0, 0.1) is 0 Å². The van der Waals surface area contributed by atoms with Gasteiger partial charge in [0, 0.05) is 12.2 Å². The molecule has 1 aromatic rings. The molecule has 1 saturated carbocycles. The number of rotatable bonds is 6. The van der Waals surface area contributed by atoms with E-state index in [0.717, 1.165) is 37.0 Å². The zero-order valence-corrected chi connectivity index (χ0v) is 13.3. The number of ether oxygens (including phenoxy) is 2.